The fourth-order valence-corrected chi connectivity index (χ4v) is 2.66. The Morgan fingerprint density at radius 3 is 2.27 bits per heavy atom. The molecule has 0 aromatic heterocycles. The van der Waals surface area contributed by atoms with E-state index in [0.29, 0.717) is 12.0 Å². The van der Waals surface area contributed by atoms with Crippen LogP contribution in [0.25, 0.3) is 0 Å². The molecule has 88 valence electrons. The third-order valence-corrected chi connectivity index (χ3v) is 4.22. The minimum Gasteiger partial charge on any atom is -0.389 e. The molecule has 15 heavy (non-hydrogen) atoms. The van der Waals surface area contributed by atoms with Gasteiger partial charge in [0.1, 0.15) is 0 Å². The molecule has 2 aliphatic carbocycles. The highest BCUT2D eigenvalue weighted by molar-refractivity contribution is 4.90. The molecule has 0 bridgehead atoms. The van der Waals surface area contributed by atoms with Crippen LogP contribution in [0.3, 0.4) is 0 Å². The highest BCUT2D eigenvalue weighted by atomic mass is 16.3. The van der Waals surface area contributed by atoms with Crippen molar-refractivity contribution in [2.45, 2.75) is 64.0 Å². The van der Waals surface area contributed by atoms with E-state index in [2.05, 4.69) is 12.2 Å². The van der Waals surface area contributed by atoms with Gasteiger partial charge in [-0.2, -0.15) is 0 Å². The van der Waals surface area contributed by atoms with E-state index in [-0.39, 0.29) is 0 Å². The molecule has 0 radical (unpaired) electrons. The van der Waals surface area contributed by atoms with E-state index in [0.717, 1.165) is 12.5 Å². The molecular weight excluding hydrogens is 186 g/mol. The molecule has 2 fully saturated rings. The average Bonchev–Trinajstić information content (AvgIpc) is 2.99. The van der Waals surface area contributed by atoms with Gasteiger partial charge in [0.15, 0.2) is 0 Å². The van der Waals surface area contributed by atoms with Crippen LogP contribution in [0.4, 0.5) is 0 Å². The SMILES string of the molecule is CC1CCC(C(C)(O)CNC2CC2)CC1. The normalized spacial score (nSPS) is 36.2. The van der Waals surface area contributed by atoms with Gasteiger partial charge in [0.25, 0.3) is 0 Å². The number of aliphatic hydroxyl groups is 1. The van der Waals surface area contributed by atoms with Crippen LogP contribution in [-0.4, -0.2) is 23.3 Å². The molecule has 0 spiro atoms. The van der Waals surface area contributed by atoms with Crippen molar-refractivity contribution < 1.29 is 5.11 Å². The molecule has 2 aliphatic rings. The second kappa shape index (κ2) is 4.42. The molecule has 0 saturated heterocycles. The van der Waals surface area contributed by atoms with Gasteiger partial charge in [-0.1, -0.05) is 19.8 Å². The second-order valence-electron chi connectivity index (χ2n) is 5.97. The standard InChI is InChI=1S/C13H25NO/c1-10-3-5-11(6-4-10)13(2,15)9-14-12-7-8-12/h10-12,14-15H,3-9H2,1-2H3. The molecule has 2 nitrogen and oxygen atoms in total. The molecule has 0 heterocycles. The zero-order valence-corrected chi connectivity index (χ0v) is 10.1. The van der Waals surface area contributed by atoms with Crippen molar-refractivity contribution in [2.24, 2.45) is 11.8 Å². The summed E-state index contributed by atoms with van der Waals surface area (Å²) in [4.78, 5) is 0. The predicted octanol–water partition coefficient (Wildman–Crippen LogP) is 2.32. The molecular formula is C13H25NO. The van der Waals surface area contributed by atoms with Crippen LogP contribution in [0.1, 0.15) is 52.4 Å². The topological polar surface area (TPSA) is 32.3 Å². The largest absolute Gasteiger partial charge is 0.389 e. The van der Waals surface area contributed by atoms with Crippen molar-refractivity contribution in [2.75, 3.05) is 6.54 Å². The van der Waals surface area contributed by atoms with Crippen LogP contribution in [-0.2, 0) is 0 Å². The van der Waals surface area contributed by atoms with Crippen molar-refractivity contribution in [1.82, 2.24) is 5.32 Å². The fraction of sp³-hybridized carbons (Fsp3) is 1.00. The summed E-state index contributed by atoms with van der Waals surface area (Å²) in [5.74, 6) is 1.38. The first-order valence-electron chi connectivity index (χ1n) is 6.53. The van der Waals surface area contributed by atoms with E-state index >= 15 is 0 Å². The van der Waals surface area contributed by atoms with Gasteiger partial charge in [-0.25, -0.2) is 0 Å². The summed E-state index contributed by atoms with van der Waals surface area (Å²) in [5, 5.41) is 13.9. The first-order valence-corrected chi connectivity index (χ1v) is 6.53. The lowest BCUT2D eigenvalue weighted by molar-refractivity contribution is -0.0203. The summed E-state index contributed by atoms with van der Waals surface area (Å²) in [6, 6.07) is 0.707. The molecule has 0 aliphatic heterocycles. The highest BCUT2D eigenvalue weighted by Gasteiger charge is 2.35. The first kappa shape index (κ1) is 11.4. The van der Waals surface area contributed by atoms with E-state index in [9.17, 15) is 5.11 Å². The maximum absolute atomic E-state index is 10.4. The maximum Gasteiger partial charge on any atom is 0.0771 e. The Bertz CT molecular complexity index is 203. The minimum absolute atomic E-state index is 0.483. The van der Waals surface area contributed by atoms with E-state index in [1.807, 2.05) is 6.92 Å². The molecule has 0 aromatic rings. The number of hydrogen-bond acceptors (Lipinski definition) is 2. The Morgan fingerprint density at radius 1 is 1.13 bits per heavy atom. The summed E-state index contributed by atoms with van der Waals surface area (Å²) in [6.45, 7) is 5.13. The van der Waals surface area contributed by atoms with Gasteiger partial charge in [-0.15, -0.1) is 0 Å². The lowest BCUT2D eigenvalue weighted by Gasteiger charge is -2.37. The summed E-state index contributed by atoms with van der Waals surface area (Å²) < 4.78 is 0. The minimum atomic E-state index is -0.483. The van der Waals surface area contributed by atoms with Crippen LogP contribution in [0.5, 0.6) is 0 Å². The number of nitrogens with one attached hydrogen (secondary N) is 1. The molecule has 2 N–H and O–H groups in total. The van der Waals surface area contributed by atoms with Gasteiger partial charge in [-0.05, 0) is 44.4 Å². The van der Waals surface area contributed by atoms with E-state index < -0.39 is 5.60 Å². The molecule has 1 unspecified atom stereocenters. The van der Waals surface area contributed by atoms with E-state index in [1.165, 1.54) is 38.5 Å². The molecule has 2 rings (SSSR count). The highest BCUT2D eigenvalue weighted by Crippen LogP contribution is 2.35. The zero-order valence-electron chi connectivity index (χ0n) is 10.1. The van der Waals surface area contributed by atoms with Crippen molar-refractivity contribution in [3.63, 3.8) is 0 Å². The maximum atomic E-state index is 10.4. The van der Waals surface area contributed by atoms with Gasteiger partial charge >= 0.3 is 0 Å². The van der Waals surface area contributed by atoms with Crippen LogP contribution in [0, 0.1) is 11.8 Å². The van der Waals surface area contributed by atoms with Crippen LogP contribution < -0.4 is 5.32 Å². The lowest BCUT2D eigenvalue weighted by atomic mass is 9.74. The molecule has 1 atom stereocenters. The Kier molecular flexibility index (Phi) is 3.36. The number of rotatable bonds is 4. The van der Waals surface area contributed by atoms with Crippen molar-refractivity contribution in [3.05, 3.63) is 0 Å². The first-order chi connectivity index (χ1) is 7.08. The summed E-state index contributed by atoms with van der Waals surface area (Å²) >= 11 is 0. The summed E-state index contributed by atoms with van der Waals surface area (Å²) in [7, 11) is 0. The van der Waals surface area contributed by atoms with Gasteiger partial charge in [0.05, 0.1) is 5.60 Å². The zero-order chi connectivity index (χ0) is 10.9. The third kappa shape index (κ3) is 3.18. The van der Waals surface area contributed by atoms with E-state index in [1.54, 1.807) is 0 Å². The smallest absolute Gasteiger partial charge is 0.0771 e. The van der Waals surface area contributed by atoms with Gasteiger partial charge < -0.3 is 10.4 Å². The molecule has 0 aromatic carbocycles. The monoisotopic (exact) mass is 211 g/mol. The van der Waals surface area contributed by atoms with Gasteiger partial charge in [0, 0.05) is 12.6 Å². The van der Waals surface area contributed by atoms with Crippen molar-refractivity contribution >= 4 is 0 Å². The summed E-state index contributed by atoms with van der Waals surface area (Å²) in [5.41, 5.74) is -0.483. The van der Waals surface area contributed by atoms with E-state index in [4.69, 9.17) is 0 Å². The molecule has 0 amide bonds. The third-order valence-electron chi connectivity index (χ3n) is 4.22. The average molecular weight is 211 g/mol. The van der Waals surface area contributed by atoms with Crippen molar-refractivity contribution in [1.29, 1.82) is 0 Å². The predicted molar refractivity (Wildman–Crippen MR) is 62.8 cm³/mol. The van der Waals surface area contributed by atoms with Crippen molar-refractivity contribution in [3.8, 4) is 0 Å². The Balaban J connectivity index is 1.78. The lowest BCUT2D eigenvalue weighted by Crippen LogP contribution is -2.46. The number of hydrogen-bond donors (Lipinski definition) is 2. The van der Waals surface area contributed by atoms with Gasteiger partial charge in [0.2, 0.25) is 0 Å². The molecule has 2 saturated carbocycles. The van der Waals surface area contributed by atoms with Crippen LogP contribution in [0.15, 0.2) is 0 Å². The Labute approximate surface area is 93.5 Å². The summed E-state index contributed by atoms with van der Waals surface area (Å²) in [6.07, 6.45) is 7.62. The van der Waals surface area contributed by atoms with Gasteiger partial charge in [-0.3, -0.25) is 0 Å². The quantitative estimate of drug-likeness (QED) is 0.748. The fourth-order valence-electron chi connectivity index (χ4n) is 2.66. The second-order valence-corrected chi connectivity index (χ2v) is 5.97. The van der Waals surface area contributed by atoms with Crippen LogP contribution >= 0.6 is 0 Å². The van der Waals surface area contributed by atoms with Crippen LogP contribution in [0.2, 0.25) is 0 Å². The Hall–Kier alpha value is -0.0800. The molecule has 2 heteroatoms. The Morgan fingerprint density at radius 2 is 1.73 bits per heavy atom.